The number of nitrogens with zero attached hydrogens (tertiary/aromatic N) is 16. The van der Waals surface area contributed by atoms with Crippen molar-refractivity contribution in [3.8, 4) is 0 Å². The summed E-state index contributed by atoms with van der Waals surface area (Å²) in [5.74, 6) is 0.349. The number of likely N-dealkylation sites (N-methyl/N-ethyl adjacent to an activating group) is 2. The molecule has 8 aromatic heterocycles. The summed E-state index contributed by atoms with van der Waals surface area (Å²) >= 11 is 0. The van der Waals surface area contributed by atoms with E-state index in [1.54, 1.807) is 135 Å². The standard InChI is InChI=1S/2C11H14N2O.C10H14N2O2S.C10H14N2OS.C10H12N2O.C10H14N2.C9H12N2O2S.C9H12N2OS/c1-11(2)7-13(3)10(14)8-4-5-12-6-9(8)11;1-11(2)9-6-12-5-4-8(9)7-13(3)10(11)14;1-10(2)9-6-11-5-4-8(9)7-12(3)15(10,13)14;1-10(2)9-6-11-5-4-8(9)7-12(3)14(10)13;1-10(2)8-6-11-5-4-7(8)9(13)12(10)3;1-10(2)9-6-11-5-4-8(9)7-12(10)3;1-9(2)7-6-10-5-4-8(7)14(12,13)11(9)3;1-9(2)7-6-10-5-4-8(7)13(12)11(9)3/h2*4-6H,7H2,1-3H3;4-6H,7H2,1-3H3;4-6H,7H2,1-3H3;4-6H,1-3H3;4-6H,7H2,1-3H3;4-6H,1-3H3;4-6H,1-3H3. The first-order chi connectivity index (χ1) is 50.6. The van der Waals surface area contributed by atoms with Gasteiger partial charge in [0.25, 0.3) is 11.8 Å². The van der Waals surface area contributed by atoms with E-state index in [2.05, 4.69) is 99.4 Å². The number of fused-ring (bicyclic) bond motifs is 8. The molecule has 16 rings (SSSR count). The van der Waals surface area contributed by atoms with Gasteiger partial charge in [-0.15, -0.1) is 0 Å². The second-order valence-electron chi connectivity index (χ2n) is 32.5. The van der Waals surface area contributed by atoms with Gasteiger partial charge < -0.3 is 14.7 Å². The van der Waals surface area contributed by atoms with Crippen LogP contribution in [0.5, 0.6) is 0 Å². The van der Waals surface area contributed by atoms with Gasteiger partial charge in [0, 0.05) is 220 Å². The van der Waals surface area contributed by atoms with E-state index < -0.39 is 57.7 Å². The lowest BCUT2D eigenvalue weighted by atomic mass is 9.79. The third kappa shape index (κ3) is 16.0. The highest BCUT2D eigenvalue weighted by molar-refractivity contribution is 7.90. The molecular weight excluding hydrogens is 1460 g/mol. The van der Waals surface area contributed by atoms with Crippen molar-refractivity contribution >= 4 is 59.7 Å². The smallest absolute Gasteiger partial charge is 0.254 e. The molecule has 0 saturated carbocycles. The molecular formula is C80H106N16O9S4. The van der Waals surface area contributed by atoms with Gasteiger partial charge in [0.1, 0.15) is 26.7 Å². The van der Waals surface area contributed by atoms with Gasteiger partial charge >= 0.3 is 0 Å². The van der Waals surface area contributed by atoms with Crippen molar-refractivity contribution < 1.29 is 39.6 Å². The monoisotopic (exact) mass is 1560 g/mol. The molecule has 8 aliphatic heterocycles. The molecule has 0 saturated heterocycles. The maximum Gasteiger partial charge on any atom is 0.254 e. The van der Waals surface area contributed by atoms with E-state index in [4.69, 9.17) is 0 Å². The Kier molecular flexibility index (Phi) is 24.4. The summed E-state index contributed by atoms with van der Waals surface area (Å²) in [7, 11) is 6.08. The van der Waals surface area contributed by atoms with Crippen molar-refractivity contribution in [2.45, 2.75) is 189 Å². The SMILES string of the molecule is CN1C(=O)c2ccncc2C1(C)C.CN1C(C)(C)c2cnccc2S1(=O)=O.CN1CC(C)(C)c2cnccc2C1=O.CN1Cc2ccncc2C(C)(C)C1=O.CN1Cc2ccncc2C(C)(C)S1(=O)=O.CN1Cc2ccncc2C(C)(C)S1=O.CN1Cc2ccncc2C1(C)C.CN1S(=O)c2ccncc2C1(C)C. The number of amides is 3. The van der Waals surface area contributed by atoms with Gasteiger partial charge in [0.05, 0.1) is 36.6 Å². The lowest BCUT2D eigenvalue weighted by molar-refractivity contribution is -0.136. The van der Waals surface area contributed by atoms with Gasteiger partial charge in [-0.25, -0.2) is 33.9 Å². The zero-order valence-electron chi connectivity index (χ0n) is 67.4. The van der Waals surface area contributed by atoms with Gasteiger partial charge in [-0.05, 0) is 203 Å². The second kappa shape index (κ2) is 31.4. The Morgan fingerprint density at radius 2 is 0.835 bits per heavy atom. The molecule has 0 radical (unpaired) electrons. The summed E-state index contributed by atoms with van der Waals surface area (Å²) in [6, 6.07) is 14.9. The highest BCUT2D eigenvalue weighted by Gasteiger charge is 2.48. The van der Waals surface area contributed by atoms with Gasteiger partial charge in [-0.2, -0.15) is 8.61 Å². The van der Waals surface area contributed by atoms with Crippen LogP contribution in [-0.4, -0.2) is 183 Å². The molecule has 0 aromatic carbocycles. The molecule has 0 spiro atoms. The Labute approximate surface area is 649 Å². The van der Waals surface area contributed by atoms with Crippen LogP contribution in [0.15, 0.2) is 157 Å². The third-order valence-corrected chi connectivity index (χ3v) is 30.7. The largest absolute Gasteiger partial charge is 0.341 e. The second-order valence-corrected chi connectivity index (χ2v) is 40.7. The number of carbonyl (C=O) groups is 3. The number of carbonyl (C=O) groups excluding carboxylic acids is 3. The minimum atomic E-state index is -3.30. The first-order valence-corrected chi connectivity index (χ1v) is 40.9. The van der Waals surface area contributed by atoms with E-state index in [-0.39, 0.29) is 44.5 Å². The van der Waals surface area contributed by atoms with Crippen LogP contribution in [0.1, 0.15) is 198 Å². The molecule has 0 aliphatic carbocycles. The number of rotatable bonds is 0. The topological polar surface area (TPSA) is 283 Å². The summed E-state index contributed by atoms with van der Waals surface area (Å²) in [5, 5.41) is 0. The summed E-state index contributed by atoms with van der Waals surface area (Å²) in [6.45, 7) is 35.7. The normalized spacial score (nSPS) is 22.2. The maximum absolute atomic E-state index is 12.1. The van der Waals surface area contributed by atoms with Crippen molar-refractivity contribution in [2.24, 2.45) is 0 Å². The maximum atomic E-state index is 12.1. The fourth-order valence-corrected chi connectivity index (χ4v) is 20.9. The lowest BCUT2D eigenvalue weighted by Gasteiger charge is -2.37. The van der Waals surface area contributed by atoms with Crippen LogP contribution >= 0.6 is 0 Å². The minimum Gasteiger partial charge on any atom is -0.341 e. The van der Waals surface area contributed by atoms with Gasteiger partial charge in [-0.1, -0.05) is 13.8 Å². The Morgan fingerprint density at radius 1 is 0.404 bits per heavy atom. The number of pyridine rings is 8. The van der Waals surface area contributed by atoms with E-state index in [0.717, 1.165) is 80.2 Å². The number of hydrogen-bond acceptors (Lipinski definition) is 18. The zero-order valence-corrected chi connectivity index (χ0v) is 70.6. The molecule has 25 nitrogen and oxygen atoms in total. The average Bonchev–Trinajstić information content (AvgIpc) is 1.56. The van der Waals surface area contributed by atoms with E-state index >= 15 is 0 Å². The summed E-state index contributed by atoms with van der Waals surface area (Å²) in [5.41, 5.74) is 13.5. The van der Waals surface area contributed by atoms with Crippen molar-refractivity contribution in [1.29, 1.82) is 0 Å². The number of hydrogen-bond donors (Lipinski definition) is 0. The van der Waals surface area contributed by atoms with Crippen LogP contribution in [0, 0.1) is 0 Å². The molecule has 0 bridgehead atoms. The van der Waals surface area contributed by atoms with Crippen molar-refractivity contribution in [3.05, 3.63) is 226 Å². The number of sulfonamides is 2. The van der Waals surface area contributed by atoms with E-state index in [0.29, 0.717) is 18.0 Å². The van der Waals surface area contributed by atoms with Gasteiger partial charge in [-0.3, -0.25) is 59.2 Å². The van der Waals surface area contributed by atoms with Crippen LogP contribution in [0.25, 0.3) is 0 Å². The molecule has 2 atom stereocenters. The molecule has 29 heteroatoms. The van der Waals surface area contributed by atoms with Crippen molar-refractivity contribution in [3.63, 3.8) is 0 Å². The molecule has 584 valence electrons. The molecule has 109 heavy (non-hydrogen) atoms. The quantitative estimate of drug-likeness (QED) is 0.136. The molecule has 8 aromatic rings. The number of aromatic nitrogens is 8. The van der Waals surface area contributed by atoms with Crippen LogP contribution in [-0.2, 0) is 115 Å². The molecule has 0 fully saturated rings. The Morgan fingerprint density at radius 3 is 1.36 bits per heavy atom. The van der Waals surface area contributed by atoms with Crippen LogP contribution in [0.4, 0.5) is 0 Å². The Balaban J connectivity index is 0.000000144. The molecule has 0 N–H and O–H groups in total. The van der Waals surface area contributed by atoms with Crippen LogP contribution < -0.4 is 0 Å². The van der Waals surface area contributed by atoms with Gasteiger partial charge in [0.15, 0.2) is 0 Å². The first kappa shape index (κ1) is 84.6. The summed E-state index contributed by atoms with van der Waals surface area (Å²) in [6.07, 6.45) is 27.9. The highest BCUT2D eigenvalue weighted by atomic mass is 32.2. The predicted molar refractivity (Wildman–Crippen MR) is 424 cm³/mol. The van der Waals surface area contributed by atoms with E-state index in [1.807, 2.05) is 142 Å². The fourth-order valence-electron chi connectivity index (χ4n) is 14.6. The van der Waals surface area contributed by atoms with Gasteiger partial charge in [0.2, 0.25) is 26.0 Å². The first-order valence-electron chi connectivity index (χ1n) is 35.8. The highest BCUT2D eigenvalue weighted by Crippen LogP contribution is 2.44. The zero-order chi connectivity index (χ0) is 80.9. The van der Waals surface area contributed by atoms with E-state index in [1.165, 1.54) is 37.1 Å². The van der Waals surface area contributed by atoms with E-state index in [9.17, 15) is 39.6 Å². The molecule has 3 amide bonds. The van der Waals surface area contributed by atoms with Crippen LogP contribution in [0.3, 0.4) is 0 Å². The van der Waals surface area contributed by atoms with Crippen molar-refractivity contribution in [1.82, 2.24) is 76.7 Å². The molecule has 16 heterocycles. The molecule has 2 unspecified atom stereocenters. The van der Waals surface area contributed by atoms with Crippen LogP contribution in [0.2, 0.25) is 0 Å². The predicted octanol–water partition coefficient (Wildman–Crippen LogP) is 10.7. The Hall–Kier alpha value is -8.39. The lowest BCUT2D eigenvalue weighted by Crippen LogP contribution is -2.45. The minimum absolute atomic E-state index is 0.00620. The summed E-state index contributed by atoms with van der Waals surface area (Å²) < 4.78 is 77.1. The third-order valence-electron chi connectivity index (χ3n) is 22.6. The van der Waals surface area contributed by atoms with Crippen molar-refractivity contribution in [2.75, 3.05) is 62.9 Å². The summed E-state index contributed by atoms with van der Waals surface area (Å²) in [4.78, 5) is 76.8. The Bertz CT molecular complexity index is 4900. The average molecular weight is 1560 g/mol. The fraction of sp³-hybridized carbons (Fsp3) is 0.463. The molecule has 8 aliphatic rings.